The number of imidazole rings is 1. The monoisotopic (exact) mass is 434 g/mol. The molecule has 3 aromatic carbocycles. The summed E-state index contributed by atoms with van der Waals surface area (Å²) in [6.07, 6.45) is 0. The van der Waals surface area contributed by atoms with Gasteiger partial charge < -0.3 is 9.67 Å². The van der Waals surface area contributed by atoms with E-state index in [0.717, 1.165) is 22.2 Å². The Morgan fingerprint density at radius 3 is 2.35 bits per heavy atom. The number of carbonyl (C=O) groups is 1. The molecule has 0 saturated carbocycles. The van der Waals surface area contributed by atoms with Gasteiger partial charge in [0.05, 0.1) is 16.6 Å². The van der Waals surface area contributed by atoms with E-state index in [-0.39, 0.29) is 17.1 Å². The van der Waals surface area contributed by atoms with Gasteiger partial charge in [0.15, 0.2) is 9.84 Å². The van der Waals surface area contributed by atoms with Gasteiger partial charge in [0.1, 0.15) is 11.6 Å². The number of carboxylic acids is 1. The number of rotatable bonds is 7. The van der Waals surface area contributed by atoms with Gasteiger partial charge in [0, 0.05) is 12.3 Å². The maximum absolute atomic E-state index is 12.2. The van der Waals surface area contributed by atoms with E-state index in [1.807, 2.05) is 59.2 Å². The lowest BCUT2D eigenvalue weighted by Crippen LogP contribution is -2.13. The fourth-order valence-corrected chi connectivity index (χ4v) is 4.42. The molecule has 0 bridgehead atoms. The van der Waals surface area contributed by atoms with E-state index < -0.39 is 15.8 Å². The van der Waals surface area contributed by atoms with Crippen LogP contribution in [0.2, 0.25) is 0 Å². The minimum absolute atomic E-state index is 0.0634. The van der Waals surface area contributed by atoms with Crippen molar-refractivity contribution >= 4 is 26.8 Å². The van der Waals surface area contributed by atoms with Gasteiger partial charge in [-0.1, -0.05) is 61.5 Å². The number of aromatic carboxylic acids is 1. The highest BCUT2D eigenvalue weighted by molar-refractivity contribution is 7.90. The van der Waals surface area contributed by atoms with Crippen LogP contribution < -0.4 is 0 Å². The summed E-state index contributed by atoms with van der Waals surface area (Å²) < 4.78 is 26.4. The maximum Gasteiger partial charge on any atom is 0.336 e. The minimum atomic E-state index is -3.23. The van der Waals surface area contributed by atoms with Crippen molar-refractivity contribution in [3.05, 3.63) is 89.7 Å². The summed E-state index contributed by atoms with van der Waals surface area (Å²) in [5, 5.41) is 9.44. The molecule has 0 saturated heterocycles. The van der Waals surface area contributed by atoms with Crippen molar-refractivity contribution in [2.45, 2.75) is 19.2 Å². The molecule has 0 atom stereocenters. The SMILES string of the molecule is CCS(=O)(=O)Cc1nc2ccccc2n1Cc1ccc(-c2ccccc2C(=O)O)cc1. The second-order valence-electron chi connectivity index (χ2n) is 7.33. The average Bonchev–Trinajstić information content (AvgIpc) is 3.10. The molecule has 1 aromatic heterocycles. The van der Waals surface area contributed by atoms with Crippen LogP contribution in [0.3, 0.4) is 0 Å². The first-order valence-electron chi connectivity index (χ1n) is 9.94. The number of fused-ring (bicyclic) bond motifs is 1. The Kier molecular flexibility index (Phi) is 5.61. The smallest absolute Gasteiger partial charge is 0.336 e. The highest BCUT2D eigenvalue weighted by Crippen LogP contribution is 2.25. The molecule has 0 radical (unpaired) electrons. The molecule has 6 nitrogen and oxygen atoms in total. The molecule has 4 aromatic rings. The number of carboxylic acid groups (broad SMARTS) is 1. The average molecular weight is 435 g/mol. The van der Waals surface area contributed by atoms with Crippen molar-refractivity contribution in [1.29, 1.82) is 0 Å². The Morgan fingerprint density at radius 2 is 1.65 bits per heavy atom. The molecule has 4 rings (SSSR count). The first-order valence-corrected chi connectivity index (χ1v) is 11.8. The van der Waals surface area contributed by atoms with Gasteiger partial charge in [-0.15, -0.1) is 0 Å². The second kappa shape index (κ2) is 8.35. The molecule has 1 N–H and O–H groups in total. The molecule has 0 amide bonds. The second-order valence-corrected chi connectivity index (χ2v) is 9.68. The normalized spacial score (nSPS) is 11.6. The number of sulfone groups is 1. The van der Waals surface area contributed by atoms with Gasteiger partial charge in [-0.05, 0) is 34.9 Å². The van der Waals surface area contributed by atoms with Crippen LogP contribution in [0.5, 0.6) is 0 Å². The van der Waals surface area contributed by atoms with Gasteiger partial charge in [-0.25, -0.2) is 18.2 Å². The van der Waals surface area contributed by atoms with Gasteiger partial charge in [-0.3, -0.25) is 0 Å². The van der Waals surface area contributed by atoms with Crippen LogP contribution in [-0.2, 0) is 22.1 Å². The zero-order valence-corrected chi connectivity index (χ0v) is 17.8. The van der Waals surface area contributed by atoms with Gasteiger partial charge >= 0.3 is 5.97 Å². The fraction of sp³-hybridized carbons (Fsp3) is 0.167. The zero-order valence-electron chi connectivity index (χ0n) is 17.0. The Balaban J connectivity index is 1.70. The topological polar surface area (TPSA) is 89.3 Å². The summed E-state index contributed by atoms with van der Waals surface area (Å²) in [5.41, 5.74) is 4.33. The fourth-order valence-electron chi connectivity index (χ4n) is 3.60. The standard InChI is InChI=1S/C24H22N2O4S/c1-2-31(29,30)16-23-25-21-9-5-6-10-22(21)26(23)15-17-11-13-18(14-12-17)19-7-3-4-8-20(19)24(27)28/h3-14H,2,15-16H2,1H3,(H,27,28). The quantitative estimate of drug-likeness (QED) is 0.466. The molecule has 158 valence electrons. The van der Waals surface area contributed by atoms with E-state index in [0.29, 0.717) is 17.9 Å². The third kappa shape index (κ3) is 4.36. The molecular formula is C24H22N2O4S. The van der Waals surface area contributed by atoms with Crippen molar-refractivity contribution in [2.24, 2.45) is 0 Å². The molecule has 31 heavy (non-hydrogen) atoms. The summed E-state index contributed by atoms with van der Waals surface area (Å²) in [4.78, 5) is 16.1. The van der Waals surface area contributed by atoms with E-state index in [1.54, 1.807) is 25.1 Å². The number of benzene rings is 3. The van der Waals surface area contributed by atoms with Crippen LogP contribution in [0, 0.1) is 0 Å². The number of hydrogen-bond acceptors (Lipinski definition) is 4. The Labute approximate surface area is 180 Å². The Hall–Kier alpha value is -3.45. The van der Waals surface area contributed by atoms with Crippen molar-refractivity contribution < 1.29 is 18.3 Å². The van der Waals surface area contributed by atoms with Crippen LogP contribution in [-0.4, -0.2) is 34.8 Å². The Bertz CT molecular complexity index is 1360. The molecule has 0 fully saturated rings. The number of hydrogen-bond donors (Lipinski definition) is 1. The van der Waals surface area contributed by atoms with Crippen molar-refractivity contribution in [1.82, 2.24) is 9.55 Å². The van der Waals surface area contributed by atoms with E-state index >= 15 is 0 Å². The minimum Gasteiger partial charge on any atom is -0.478 e. The van der Waals surface area contributed by atoms with Gasteiger partial charge in [-0.2, -0.15) is 0 Å². The molecule has 0 aliphatic carbocycles. The molecule has 0 aliphatic rings. The van der Waals surface area contributed by atoms with E-state index in [9.17, 15) is 18.3 Å². The van der Waals surface area contributed by atoms with Crippen LogP contribution in [0.1, 0.15) is 28.7 Å². The van der Waals surface area contributed by atoms with E-state index in [2.05, 4.69) is 4.98 Å². The van der Waals surface area contributed by atoms with E-state index in [4.69, 9.17) is 0 Å². The third-order valence-electron chi connectivity index (χ3n) is 5.29. The van der Waals surface area contributed by atoms with Crippen LogP contribution in [0.4, 0.5) is 0 Å². The summed E-state index contributed by atoms with van der Waals surface area (Å²) in [6, 6.07) is 22.1. The number of nitrogens with zero attached hydrogens (tertiary/aromatic N) is 2. The first kappa shape index (κ1) is 20.8. The van der Waals surface area contributed by atoms with E-state index in [1.165, 1.54) is 0 Å². The summed E-state index contributed by atoms with van der Waals surface area (Å²) in [5.74, 6) is -0.495. The maximum atomic E-state index is 12.2. The molecular weight excluding hydrogens is 412 g/mol. The highest BCUT2D eigenvalue weighted by Gasteiger charge is 2.18. The van der Waals surface area contributed by atoms with Gasteiger partial charge in [0.25, 0.3) is 0 Å². The van der Waals surface area contributed by atoms with Crippen molar-refractivity contribution in [2.75, 3.05) is 5.75 Å². The van der Waals surface area contributed by atoms with Crippen LogP contribution >= 0.6 is 0 Å². The summed E-state index contributed by atoms with van der Waals surface area (Å²) in [7, 11) is -3.23. The predicted molar refractivity (Wildman–Crippen MR) is 121 cm³/mol. The van der Waals surface area contributed by atoms with Crippen molar-refractivity contribution in [3.63, 3.8) is 0 Å². The molecule has 0 aliphatic heterocycles. The lowest BCUT2D eigenvalue weighted by atomic mass is 9.99. The predicted octanol–water partition coefficient (Wildman–Crippen LogP) is 4.38. The van der Waals surface area contributed by atoms with Gasteiger partial charge in [0.2, 0.25) is 0 Å². The molecule has 7 heteroatoms. The summed E-state index contributed by atoms with van der Waals surface area (Å²) >= 11 is 0. The largest absolute Gasteiger partial charge is 0.478 e. The van der Waals surface area contributed by atoms with Crippen molar-refractivity contribution in [3.8, 4) is 11.1 Å². The molecule has 1 heterocycles. The van der Waals surface area contributed by atoms with Crippen LogP contribution in [0.15, 0.2) is 72.8 Å². The molecule has 0 spiro atoms. The first-order chi connectivity index (χ1) is 14.9. The number of aromatic nitrogens is 2. The zero-order chi connectivity index (χ0) is 22.0. The number of para-hydroxylation sites is 2. The Morgan fingerprint density at radius 1 is 0.968 bits per heavy atom. The lowest BCUT2D eigenvalue weighted by molar-refractivity contribution is 0.0697. The molecule has 0 unspecified atom stereocenters. The third-order valence-corrected chi connectivity index (χ3v) is 6.86. The van der Waals surface area contributed by atoms with Crippen LogP contribution in [0.25, 0.3) is 22.2 Å². The highest BCUT2D eigenvalue weighted by atomic mass is 32.2. The lowest BCUT2D eigenvalue weighted by Gasteiger charge is -2.11. The summed E-state index contributed by atoms with van der Waals surface area (Å²) in [6.45, 7) is 2.10.